The SMILES string of the molecule is C=C(C)C(=O)OCC(CCC[C@H]1CC[C@@]2(C)C(CCC3C2CC[C@@]2(C)C3CC[C@@H]2[C@H](C)CCCC(C)C)C1)COC(=O)C(=C)CN(C)C. The molecule has 5 heteroatoms. The van der Waals surface area contributed by atoms with Crippen LogP contribution >= 0.6 is 0 Å². The van der Waals surface area contributed by atoms with Crippen molar-refractivity contribution in [1.82, 2.24) is 4.90 Å². The largest absolute Gasteiger partial charge is 0.462 e. The van der Waals surface area contributed by atoms with Crippen molar-refractivity contribution in [3.63, 3.8) is 0 Å². The normalized spacial score (nSPS) is 34.1. The van der Waals surface area contributed by atoms with Gasteiger partial charge >= 0.3 is 11.9 Å². The highest BCUT2D eigenvalue weighted by Gasteiger charge is 2.60. The molecule has 4 aliphatic rings. The van der Waals surface area contributed by atoms with Gasteiger partial charge in [-0.15, -0.1) is 0 Å². The van der Waals surface area contributed by atoms with E-state index in [1.54, 1.807) is 6.92 Å². The van der Waals surface area contributed by atoms with Crippen LogP contribution in [-0.2, 0) is 19.1 Å². The molecule has 0 aromatic carbocycles. The third-order valence-corrected chi connectivity index (χ3v) is 14.2. The fourth-order valence-electron chi connectivity index (χ4n) is 11.6. The summed E-state index contributed by atoms with van der Waals surface area (Å²) >= 11 is 0. The van der Waals surface area contributed by atoms with Gasteiger partial charge in [0.25, 0.3) is 0 Å². The van der Waals surface area contributed by atoms with E-state index in [1.165, 1.54) is 83.5 Å². The zero-order valence-electron chi connectivity index (χ0n) is 32.4. The summed E-state index contributed by atoms with van der Waals surface area (Å²) in [5.74, 6) is 6.36. The van der Waals surface area contributed by atoms with Gasteiger partial charge in [-0.25, -0.2) is 9.59 Å². The Morgan fingerprint density at radius 2 is 1.48 bits per heavy atom. The van der Waals surface area contributed by atoms with Crippen molar-refractivity contribution >= 4 is 11.9 Å². The highest BCUT2D eigenvalue weighted by atomic mass is 16.5. The van der Waals surface area contributed by atoms with Crippen LogP contribution in [0.15, 0.2) is 24.3 Å². The molecule has 4 saturated carbocycles. The van der Waals surface area contributed by atoms with Crippen molar-refractivity contribution in [1.29, 1.82) is 0 Å². The van der Waals surface area contributed by atoms with Crippen molar-refractivity contribution in [2.24, 2.45) is 64.1 Å². The third-order valence-electron chi connectivity index (χ3n) is 14.2. The summed E-state index contributed by atoms with van der Waals surface area (Å²) in [5.41, 5.74) is 1.93. The molecule has 0 radical (unpaired) electrons. The molecule has 4 aliphatic carbocycles. The summed E-state index contributed by atoms with van der Waals surface area (Å²) in [4.78, 5) is 26.6. The van der Waals surface area contributed by atoms with Gasteiger partial charge in [-0.3, -0.25) is 0 Å². The first-order valence-corrected chi connectivity index (χ1v) is 20.0. The molecule has 0 spiro atoms. The number of hydrogen-bond donors (Lipinski definition) is 0. The minimum atomic E-state index is -0.377. The number of hydrogen-bond acceptors (Lipinski definition) is 5. The maximum atomic E-state index is 12.5. The van der Waals surface area contributed by atoms with Gasteiger partial charge in [0.05, 0.1) is 13.2 Å². The molecule has 5 nitrogen and oxygen atoms in total. The minimum Gasteiger partial charge on any atom is -0.462 e. The zero-order chi connectivity index (χ0) is 35.2. The van der Waals surface area contributed by atoms with Gasteiger partial charge in [0, 0.05) is 23.6 Å². The van der Waals surface area contributed by atoms with Gasteiger partial charge in [0.15, 0.2) is 0 Å². The van der Waals surface area contributed by atoms with Crippen molar-refractivity contribution in [3.8, 4) is 0 Å². The van der Waals surface area contributed by atoms with E-state index >= 15 is 0 Å². The lowest BCUT2D eigenvalue weighted by atomic mass is 9.44. The molecule has 0 saturated heterocycles. The van der Waals surface area contributed by atoms with Crippen LogP contribution in [0, 0.1) is 64.1 Å². The Balaban J connectivity index is 1.29. The van der Waals surface area contributed by atoms with Gasteiger partial charge in [-0.2, -0.15) is 0 Å². The lowest BCUT2D eigenvalue weighted by Gasteiger charge is -2.61. The molecule has 4 fully saturated rings. The lowest BCUT2D eigenvalue weighted by Crippen LogP contribution is -2.53. The molecule has 48 heavy (non-hydrogen) atoms. The second-order valence-corrected chi connectivity index (χ2v) is 18.4. The van der Waals surface area contributed by atoms with E-state index in [9.17, 15) is 9.59 Å². The second-order valence-electron chi connectivity index (χ2n) is 18.4. The van der Waals surface area contributed by atoms with Crippen molar-refractivity contribution in [2.45, 2.75) is 138 Å². The number of carbonyl (C=O) groups is 2. The van der Waals surface area contributed by atoms with E-state index in [2.05, 4.69) is 47.8 Å². The predicted octanol–water partition coefficient (Wildman–Crippen LogP) is 10.3. The van der Waals surface area contributed by atoms with Crippen LogP contribution < -0.4 is 0 Å². The molecular weight excluding hydrogens is 594 g/mol. The van der Waals surface area contributed by atoms with Crippen LogP contribution in [0.3, 0.4) is 0 Å². The smallest absolute Gasteiger partial charge is 0.334 e. The molecule has 0 aromatic heterocycles. The molecule has 10 atom stereocenters. The number of esters is 2. The van der Waals surface area contributed by atoms with Gasteiger partial charge in [0.1, 0.15) is 0 Å². The molecule has 4 rings (SSSR count). The van der Waals surface area contributed by atoms with Crippen molar-refractivity contribution in [3.05, 3.63) is 24.3 Å². The average molecular weight is 668 g/mol. The molecular formula is C43H73NO4. The van der Waals surface area contributed by atoms with Crippen molar-refractivity contribution < 1.29 is 19.1 Å². The average Bonchev–Trinajstić information content (AvgIpc) is 3.38. The topological polar surface area (TPSA) is 55.8 Å². The van der Waals surface area contributed by atoms with Crippen LogP contribution in [0.4, 0.5) is 0 Å². The number of likely N-dealkylation sites (N-methyl/N-ethyl adjacent to an activating group) is 1. The highest BCUT2D eigenvalue weighted by Crippen LogP contribution is 2.68. The molecule has 0 heterocycles. The molecule has 0 N–H and O–H groups in total. The third kappa shape index (κ3) is 9.38. The standard InChI is InChI=1S/C43H73NO4/c1-29(2)13-11-14-31(5)37-19-20-38-36-18-17-35-25-33(21-23-42(35,7)39(36)22-24-43(37,38)8)15-12-16-34(27-47-40(45)30(3)4)28-48-41(46)32(6)26-44(9)10/h29,31,33-39H,3,6,11-28H2,1-2,4-5,7-10H3/t31-,33+,34?,35?,36?,37-,38?,39?,42+,43-/m1/s1. The van der Waals surface area contributed by atoms with E-state index in [1.807, 2.05) is 19.0 Å². The predicted molar refractivity (Wildman–Crippen MR) is 198 cm³/mol. The van der Waals surface area contributed by atoms with E-state index in [4.69, 9.17) is 9.47 Å². The number of nitrogens with zero attached hydrogens (tertiary/aromatic N) is 1. The fourth-order valence-corrected chi connectivity index (χ4v) is 11.6. The van der Waals surface area contributed by atoms with Crippen molar-refractivity contribution in [2.75, 3.05) is 33.9 Å². The Kier molecular flexibility index (Phi) is 13.9. The first-order chi connectivity index (χ1) is 22.7. The number of fused-ring (bicyclic) bond motifs is 5. The lowest BCUT2D eigenvalue weighted by molar-refractivity contribution is -0.144. The van der Waals surface area contributed by atoms with Gasteiger partial charge in [-0.05, 0) is 143 Å². The molecule has 5 unspecified atom stereocenters. The molecule has 0 bridgehead atoms. The zero-order valence-corrected chi connectivity index (χ0v) is 32.4. The fraction of sp³-hybridized carbons (Fsp3) is 0.860. The molecule has 0 aromatic rings. The first-order valence-electron chi connectivity index (χ1n) is 20.0. The maximum Gasteiger partial charge on any atom is 0.334 e. The Bertz CT molecular complexity index is 1110. The van der Waals surface area contributed by atoms with Crippen LogP contribution in [0.25, 0.3) is 0 Å². The Labute approximate surface area is 295 Å². The number of ether oxygens (including phenoxy) is 2. The summed E-state index contributed by atoms with van der Waals surface area (Å²) in [6.45, 7) is 23.0. The van der Waals surface area contributed by atoms with Gasteiger partial charge in [0.2, 0.25) is 0 Å². The first kappa shape index (κ1) is 39.2. The van der Waals surface area contributed by atoms with E-state index in [-0.39, 0.29) is 31.1 Å². The van der Waals surface area contributed by atoms with Crippen LogP contribution in [-0.4, -0.2) is 50.7 Å². The van der Waals surface area contributed by atoms with E-state index in [0.717, 1.165) is 60.2 Å². The summed E-state index contributed by atoms with van der Waals surface area (Å²) in [7, 11) is 3.81. The summed E-state index contributed by atoms with van der Waals surface area (Å²) < 4.78 is 11.2. The van der Waals surface area contributed by atoms with Gasteiger partial charge < -0.3 is 14.4 Å². The maximum absolute atomic E-state index is 12.5. The highest BCUT2D eigenvalue weighted by molar-refractivity contribution is 5.88. The number of carbonyl (C=O) groups excluding carboxylic acids is 2. The van der Waals surface area contributed by atoms with E-state index in [0.29, 0.717) is 28.5 Å². The Hall–Kier alpha value is -1.62. The number of rotatable bonds is 17. The van der Waals surface area contributed by atoms with Gasteiger partial charge in [-0.1, -0.05) is 79.9 Å². The van der Waals surface area contributed by atoms with Crippen LogP contribution in [0.1, 0.15) is 138 Å². The molecule has 274 valence electrons. The summed E-state index contributed by atoms with van der Waals surface area (Å²) in [6, 6.07) is 0. The van der Waals surface area contributed by atoms with E-state index < -0.39 is 0 Å². The van der Waals surface area contributed by atoms with Crippen LogP contribution in [0.2, 0.25) is 0 Å². The molecule has 0 aliphatic heterocycles. The summed E-state index contributed by atoms with van der Waals surface area (Å²) in [6.07, 6.45) is 20.3. The molecule has 0 amide bonds. The summed E-state index contributed by atoms with van der Waals surface area (Å²) in [5, 5.41) is 0. The minimum absolute atomic E-state index is 0.0154. The monoisotopic (exact) mass is 668 g/mol. The quantitative estimate of drug-likeness (QED) is 0.114. The van der Waals surface area contributed by atoms with Crippen LogP contribution in [0.5, 0.6) is 0 Å². The Morgan fingerprint density at radius 3 is 2.15 bits per heavy atom. The Morgan fingerprint density at radius 1 is 0.812 bits per heavy atom. The second kappa shape index (κ2) is 17.1.